The summed E-state index contributed by atoms with van der Waals surface area (Å²) in [6.07, 6.45) is -10.3. The fourth-order valence-corrected chi connectivity index (χ4v) is 0.581. The van der Waals surface area contributed by atoms with Crippen molar-refractivity contribution in [2.24, 2.45) is 0 Å². The average Bonchev–Trinajstić information content (AvgIpc) is 1.76. The van der Waals surface area contributed by atoms with Gasteiger partial charge in [-0.05, 0) is 0 Å². The molecule has 10 heteroatoms. The molecule has 0 atom stereocenters. The smallest absolute Gasteiger partial charge is 0.164 e. The van der Waals surface area contributed by atoms with E-state index in [2.05, 4.69) is 4.18 Å². The first-order valence-electron chi connectivity index (χ1n) is 2.55. The van der Waals surface area contributed by atoms with Crippen molar-refractivity contribution in [3.05, 3.63) is 0 Å². The van der Waals surface area contributed by atoms with Crippen LogP contribution in [-0.4, -0.2) is 20.7 Å². The normalized spacial score (nSPS) is 13.3. The van der Waals surface area contributed by atoms with E-state index in [1.165, 1.54) is 0 Å². The Hall–Kier alpha value is -0.950. The topological polar surface area (TPSA) is 43.4 Å². The molecule has 0 radical (unpaired) electrons. The number of alkyl halides is 5. The molecule has 0 aromatic rings. The minimum atomic E-state index is -6.07. The number of hydrogen-bond acceptors (Lipinski definition) is 3. The van der Waals surface area contributed by atoms with Crippen molar-refractivity contribution < 1.29 is 38.4 Å². The third kappa shape index (κ3) is 7.69. The van der Waals surface area contributed by atoms with E-state index in [4.69, 9.17) is 0 Å². The molecule has 3 nitrogen and oxygen atoms in total. The standard InChI is InChI=1S/C4F6O3S/c5-3(6,7)1-2-4(8,9)13-14(10,11)12. The predicted molar refractivity (Wildman–Crippen MR) is 29.9 cm³/mol. The van der Waals surface area contributed by atoms with E-state index in [-0.39, 0.29) is 11.8 Å². The van der Waals surface area contributed by atoms with Gasteiger partial charge >= 0.3 is 22.8 Å². The van der Waals surface area contributed by atoms with Gasteiger partial charge in [0.15, 0.2) is 0 Å². The van der Waals surface area contributed by atoms with Gasteiger partial charge in [0.2, 0.25) is 0 Å². The maximum absolute atomic E-state index is 11.9. The zero-order valence-corrected chi connectivity index (χ0v) is 6.72. The highest BCUT2D eigenvalue weighted by Gasteiger charge is 2.36. The minimum absolute atomic E-state index is 0.0286. The summed E-state index contributed by atoms with van der Waals surface area (Å²) >= 11 is 0. The highest BCUT2D eigenvalue weighted by molar-refractivity contribution is 7.81. The predicted octanol–water partition coefficient (Wildman–Crippen LogP) is 1.38. The van der Waals surface area contributed by atoms with Gasteiger partial charge in [0.1, 0.15) is 0 Å². The Morgan fingerprint density at radius 1 is 1.00 bits per heavy atom. The zero-order valence-electron chi connectivity index (χ0n) is 5.90. The van der Waals surface area contributed by atoms with E-state index in [1.807, 2.05) is 0 Å². The monoisotopic (exact) mass is 242 g/mol. The summed E-state index contributed by atoms with van der Waals surface area (Å²) in [5, 5.41) is 0. The molecule has 0 N–H and O–H groups in total. The molecule has 82 valence electrons. The second-order valence-electron chi connectivity index (χ2n) is 1.74. The highest BCUT2D eigenvalue weighted by Crippen LogP contribution is 2.20. The van der Waals surface area contributed by atoms with Crippen LogP contribution < -0.4 is 0 Å². The first-order chi connectivity index (χ1) is 5.91. The molecule has 0 bridgehead atoms. The maximum Gasteiger partial charge on any atom is 0.457 e. The molecule has 0 saturated carbocycles. The van der Waals surface area contributed by atoms with Crippen LogP contribution in [0.5, 0.6) is 0 Å². The lowest BCUT2D eigenvalue weighted by Gasteiger charge is -2.04. The molecule has 0 unspecified atom stereocenters. The van der Waals surface area contributed by atoms with Gasteiger partial charge < -0.3 is 0 Å². The van der Waals surface area contributed by atoms with Crippen molar-refractivity contribution in [2.45, 2.75) is 12.3 Å². The molecule has 0 aromatic carbocycles. The molecule has 0 aromatic heterocycles. The lowest BCUT2D eigenvalue weighted by Crippen LogP contribution is -2.21. The van der Waals surface area contributed by atoms with Crippen molar-refractivity contribution in [3.63, 3.8) is 0 Å². The number of hydrogen-bond donors (Lipinski definition) is 0. The second-order valence-corrected chi connectivity index (χ2v) is 2.69. The number of rotatable bonds is 2. The fourth-order valence-electron chi connectivity index (χ4n) is 0.289. The Bertz CT molecular complexity index is 357. The van der Waals surface area contributed by atoms with Crippen LogP contribution >= 0.6 is 0 Å². The van der Waals surface area contributed by atoms with Gasteiger partial charge in [-0.2, -0.15) is 34.6 Å². The van der Waals surface area contributed by atoms with Gasteiger partial charge in [-0.25, -0.2) is 0 Å². The van der Waals surface area contributed by atoms with Crippen molar-refractivity contribution in [1.29, 1.82) is 0 Å². The van der Waals surface area contributed by atoms with Crippen LogP contribution in [0.25, 0.3) is 0 Å². The van der Waals surface area contributed by atoms with Gasteiger partial charge in [-0.1, -0.05) is 3.89 Å². The first-order valence-corrected chi connectivity index (χ1v) is 3.86. The van der Waals surface area contributed by atoms with Gasteiger partial charge in [0.25, 0.3) is 0 Å². The average molecular weight is 242 g/mol. The number of halogens is 6. The van der Waals surface area contributed by atoms with E-state index in [0.717, 1.165) is 0 Å². The van der Waals surface area contributed by atoms with Crippen LogP contribution in [0.2, 0.25) is 0 Å². The summed E-state index contributed by atoms with van der Waals surface area (Å²) in [6, 6.07) is 0. The van der Waals surface area contributed by atoms with Gasteiger partial charge in [-0.15, -0.1) is 0 Å². The summed E-state index contributed by atoms with van der Waals surface area (Å²) in [4.78, 5) is 0. The Morgan fingerprint density at radius 3 is 1.71 bits per heavy atom. The van der Waals surface area contributed by atoms with E-state index >= 15 is 0 Å². The molecule has 0 rings (SSSR count). The first kappa shape index (κ1) is 13.1. The molecular weight excluding hydrogens is 242 g/mol. The molecule has 0 amide bonds. The Labute approximate surface area is 74.1 Å². The third-order valence-electron chi connectivity index (χ3n) is 0.554. The van der Waals surface area contributed by atoms with Crippen LogP contribution in [0, 0.1) is 11.8 Å². The van der Waals surface area contributed by atoms with E-state index in [9.17, 15) is 34.3 Å². The largest absolute Gasteiger partial charge is 0.457 e. The third-order valence-corrected chi connectivity index (χ3v) is 0.962. The molecular formula is C4F6O3S. The van der Waals surface area contributed by atoms with Crippen LogP contribution in [0.1, 0.15) is 0 Å². The Morgan fingerprint density at radius 2 is 1.43 bits per heavy atom. The molecule has 0 aliphatic rings. The summed E-state index contributed by atoms with van der Waals surface area (Å²) < 4.78 is 90.2. The van der Waals surface area contributed by atoms with Crippen LogP contribution in [-0.2, 0) is 14.7 Å². The molecule has 0 aliphatic heterocycles. The molecule has 14 heavy (non-hydrogen) atoms. The van der Waals surface area contributed by atoms with Crippen LogP contribution in [0.4, 0.5) is 25.8 Å². The van der Waals surface area contributed by atoms with Gasteiger partial charge in [-0.3, -0.25) is 0 Å². The van der Waals surface area contributed by atoms with Gasteiger partial charge in [0.05, 0.1) is 0 Å². The quantitative estimate of drug-likeness (QED) is 0.417. The molecule has 0 saturated heterocycles. The van der Waals surface area contributed by atoms with Crippen LogP contribution in [0.3, 0.4) is 0 Å². The molecule has 0 aliphatic carbocycles. The summed E-state index contributed by atoms with van der Waals surface area (Å²) in [6.45, 7) is 0. The summed E-state index contributed by atoms with van der Waals surface area (Å²) in [5.74, 6) is 0.134. The lowest BCUT2D eigenvalue weighted by atomic mass is 10.5. The van der Waals surface area contributed by atoms with E-state index in [0.29, 0.717) is 0 Å². The SMILES string of the molecule is O=S(=O)(F)OC(F)(F)C#CC(F)(F)F. The van der Waals surface area contributed by atoms with Crippen molar-refractivity contribution in [2.75, 3.05) is 0 Å². The Kier molecular flexibility index (Phi) is 3.41. The molecule has 0 fully saturated rings. The van der Waals surface area contributed by atoms with E-state index in [1.54, 1.807) is 0 Å². The van der Waals surface area contributed by atoms with E-state index < -0.39 is 22.8 Å². The van der Waals surface area contributed by atoms with Crippen molar-refractivity contribution in [1.82, 2.24) is 0 Å². The highest BCUT2D eigenvalue weighted by atomic mass is 32.3. The fraction of sp³-hybridized carbons (Fsp3) is 0.500. The zero-order chi connectivity index (χ0) is 11.6. The lowest BCUT2D eigenvalue weighted by molar-refractivity contribution is -0.123. The van der Waals surface area contributed by atoms with Gasteiger partial charge in [0, 0.05) is 11.8 Å². The molecule has 0 spiro atoms. The molecule has 0 heterocycles. The van der Waals surface area contributed by atoms with Crippen molar-refractivity contribution in [3.8, 4) is 11.8 Å². The maximum atomic E-state index is 11.9. The van der Waals surface area contributed by atoms with Crippen molar-refractivity contribution >= 4 is 10.5 Å². The Balaban J connectivity index is 4.72. The summed E-state index contributed by atoms with van der Waals surface area (Å²) in [5.41, 5.74) is 0. The summed E-state index contributed by atoms with van der Waals surface area (Å²) in [7, 11) is -6.07. The second kappa shape index (κ2) is 3.66. The minimum Gasteiger partial charge on any atom is -0.164 e. The van der Waals surface area contributed by atoms with Crippen LogP contribution in [0.15, 0.2) is 0 Å².